The molecule has 0 saturated carbocycles. The third kappa shape index (κ3) is 5.27. The largest absolute Gasteiger partial charge is 0.481 e. The van der Waals surface area contributed by atoms with E-state index in [1.54, 1.807) is 13.0 Å². The highest BCUT2D eigenvalue weighted by Crippen LogP contribution is 2.21. The van der Waals surface area contributed by atoms with Crippen LogP contribution in [0, 0.1) is 0 Å². The molecule has 0 fully saturated rings. The molecule has 2 rings (SSSR count). The first-order chi connectivity index (χ1) is 11.9. The number of hydrogen-bond acceptors (Lipinski definition) is 3. The minimum atomic E-state index is -2.64. The zero-order valence-electron chi connectivity index (χ0n) is 14.6. The van der Waals surface area contributed by atoms with Gasteiger partial charge in [-0.3, -0.25) is 9.36 Å². The summed E-state index contributed by atoms with van der Waals surface area (Å²) in [6.07, 6.45) is 2.07. The van der Waals surface area contributed by atoms with Gasteiger partial charge in [-0.1, -0.05) is 26.0 Å². The Hall–Kier alpha value is -2.44. The van der Waals surface area contributed by atoms with Crippen LogP contribution in [-0.4, -0.2) is 28.1 Å². The molecule has 0 aliphatic heterocycles. The maximum atomic E-state index is 12.7. The van der Waals surface area contributed by atoms with E-state index in [9.17, 15) is 13.6 Å². The number of carbonyl (C=O) groups excluding carboxylic acids is 1. The molecule has 5 nitrogen and oxygen atoms in total. The highest BCUT2D eigenvalue weighted by molar-refractivity contribution is 5.80. The predicted molar refractivity (Wildman–Crippen MR) is 90.8 cm³/mol. The molecule has 1 amide bonds. The summed E-state index contributed by atoms with van der Waals surface area (Å²) in [5.41, 5.74) is 1.13. The lowest BCUT2D eigenvalue weighted by atomic mass is 10.0. The highest BCUT2D eigenvalue weighted by Gasteiger charge is 2.16. The molecule has 1 heterocycles. The Morgan fingerprint density at radius 1 is 1.32 bits per heavy atom. The summed E-state index contributed by atoms with van der Waals surface area (Å²) in [5.74, 6) is 0.923. The molecule has 1 unspecified atom stereocenters. The fraction of sp³-hybridized carbons (Fsp3) is 0.444. The molecule has 0 aliphatic carbocycles. The van der Waals surface area contributed by atoms with E-state index in [0.29, 0.717) is 11.7 Å². The summed E-state index contributed by atoms with van der Waals surface area (Å²) in [5, 5.41) is 2.68. The van der Waals surface area contributed by atoms with Crippen molar-refractivity contribution >= 4 is 5.91 Å². The molecule has 0 aliphatic rings. The van der Waals surface area contributed by atoms with Crippen molar-refractivity contribution in [3.05, 3.63) is 48.0 Å². The molecule has 0 radical (unpaired) electrons. The van der Waals surface area contributed by atoms with E-state index in [-0.39, 0.29) is 24.7 Å². The number of ether oxygens (including phenoxy) is 1. The summed E-state index contributed by atoms with van der Waals surface area (Å²) in [7, 11) is 0. The first-order valence-corrected chi connectivity index (χ1v) is 8.22. The maximum absolute atomic E-state index is 12.7. The van der Waals surface area contributed by atoms with Gasteiger partial charge in [0.2, 0.25) is 0 Å². The lowest BCUT2D eigenvalue weighted by molar-refractivity contribution is -0.127. The van der Waals surface area contributed by atoms with Crippen molar-refractivity contribution in [3.8, 4) is 5.75 Å². The first-order valence-electron chi connectivity index (χ1n) is 8.22. The average molecular weight is 351 g/mol. The first kappa shape index (κ1) is 18.9. The number of nitrogens with one attached hydrogen (secondary N) is 1. The number of alkyl halides is 2. The Labute approximate surface area is 146 Å². The summed E-state index contributed by atoms with van der Waals surface area (Å²) in [4.78, 5) is 16.0. The molecular formula is C18H23F2N3O2. The zero-order chi connectivity index (χ0) is 18.4. The minimum Gasteiger partial charge on any atom is -0.481 e. The monoisotopic (exact) mass is 351 g/mol. The molecule has 0 spiro atoms. The van der Waals surface area contributed by atoms with E-state index in [1.807, 2.05) is 18.2 Å². The molecular weight excluding hydrogens is 328 g/mol. The second-order valence-electron chi connectivity index (χ2n) is 6.06. The number of benzene rings is 1. The van der Waals surface area contributed by atoms with Gasteiger partial charge in [-0.2, -0.15) is 8.78 Å². The molecule has 136 valence electrons. The van der Waals surface area contributed by atoms with Crippen LogP contribution in [0.5, 0.6) is 5.75 Å². The van der Waals surface area contributed by atoms with Crippen LogP contribution in [0.4, 0.5) is 8.78 Å². The number of imidazole rings is 1. The highest BCUT2D eigenvalue weighted by atomic mass is 19.3. The molecule has 7 heteroatoms. The summed E-state index contributed by atoms with van der Waals surface area (Å²) < 4.78 is 31.9. The molecule has 1 atom stereocenters. The van der Waals surface area contributed by atoms with E-state index >= 15 is 0 Å². The van der Waals surface area contributed by atoms with Gasteiger partial charge in [0.05, 0.1) is 0 Å². The van der Waals surface area contributed by atoms with Gasteiger partial charge in [0.1, 0.15) is 11.6 Å². The fourth-order valence-corrected chi connectivity index (χ4v) is 2.36. The second kappa shape index (κ2) is 8.60. The Morgan fingerprint density at radius 2 is 2.08 bits per heavy atom. The Kier molecular flexibility index (Phi) is 6.50. The number of rotatable bonds is 8. The number of carbonyl (C=O) groups is 1. The van der Waals surface area contributed by atoms with Crippen LogP contribution in [-0.2, 0) is 11.2 Å². The third-order valence-corrected chi connectivity index (χ3v) is 3.81. The summed E-state index contributed by atoms with van der Waals surface area (Å²) in [6, 6.07) is 7.61. The molecule has 25 heavy (non-hydrogen) atoms. The minimum absolute atomic E-state index is 0.211. The maximum Gasteiger partial charge on any atom is 0.319 e. The van der Waals surface area contributed by atoms with Gasteiger partial charge in [0, 0.05) is 25.4 Å². The number of halogens is 2. The van der Waals surface area contributed by atoms with Gasteiger partial charge in [-0.25, -0.2) is 4.98 Å². The fourth-order valence-electron chi connectivity index (χ4n) is 2.36. The van der Waals surface area contributed by atoms with Crippen LogP contribution in [0.1, 0.15) is 44.6 Å². The van der Waals surface area contributed by atoms with Crippen LogP contribution < -0.4 is 10.1 Å². The van der Waals surface area contributed by atoms with Gasteiger partial charge < -0.3 is 10.1 Å². The quantitative estimate of drug-likeness (QED) is 0.792. The molecule has 1 N–H and O–H groups in total. The zero-order valence-corrected chi connectivity index (χ0v) is 14.6. The van der Waals surface area contributed by atoms with Gasteiger partial charge in [0.15, 0.2) is 6.10 Å². The van der Waals surface area contributed by atoms with Crippen molar-refractivity contribution in [3.63, 3.8) is 0 Å². The summed E-state index contributed by atoms with van der Waals surface area (Å²) >= 11 is 0. The smallest absolute Gasteiger partial charge is 0.319 e. The number of nitrogens with zero attached hydrogens (tertiary/aromatic N) is 2. The van der Waals surface area contributed by atoms with Crippen molar-refractivity contribution in [1.29, 1.82) is 0 Å². The van der Waals surface area contributed by atoms with E-state index < -0.39 is 12.7 Å². The normalized spacial score (nSPS) is 12.4. The average Bonchev–Trinajstić information content (AvgIpc) is 3.03. The van der Waals surface area contributed by atoms with Crippen molar-refractivity contribution in [2.24, 2.45) is 0 Å². The molecule has 0 bridgehead atoms. The number of hydrogen-bond donors (Lipinski definition) is 1. The molecule has 0 saturated heterocycles. The van der Waals surface area contributed by atoms with Crippen molar-refractivity contribution in [2.75, 3.05) is 6.54 Å². The number of aromatic nitrogens is 2. The number of amides is 1. The van der Waals surface area contributed by atoms with E-state index in [4.69, 9.17) is 4.74 Å². The van der Waals surface area contributed by atoms with Crippen molar-refractivity contribution in [2.45, 2.75) is 45.8 Å². The van der Waals surface area contributed by atoms with Crippen LogP contribution in [0.25, 0.3) is 0 Å². The van der Waals surface area contributed by atoms with Crippen molar-refractivity contribution in [1.82, 2.24) is 14.9 Å². The van der Waals surface area contributed by atoms with Crippen LogP contribution in [0.3, 0.4) is 0 Å². The van der Waals surface area contributed by atoms with Crippen LogP contribution in [0.15, 0.2) is 36.7 Å². The topological polar surface area (TPSA) is 56.1 Å². The lowest BCUT2D eigenvalue weighted by Gasteiger charge is -2.16. The van der Waals surface area contributed by atoms with E-state index in [2.05, 4.69) is 24.1 Å². The SMILES string of the molecule is CC(Oc1cccc(C(C)C)c1)C(=O)NCCc1nccn1C(F)F. The molecule has 1 aromatic heterocycles. The lowest BCUT2D eigenvalue weighted by Crippen LogP contribution is -2.37. The standard InChI is InChI=1S/C18H23F2N3O2/c1-12(2)14-5-4-6-15(11-14)25-13(3)17(24)22-8-7-16-21-9-10-23(16)18(19)20/h4-6,9-13,18H,7-8H2,1-3H3,(H,22,24). The van der Waals surface area contributed by atoms with Crippen molar-refractivity contribution < 1.29 is 18.3 Å². The van der Waals surface area contributed by atoms with Gasteiger partial charge >= 0.3 is 6.55 Å². The second-order valence-corrected chi connectivity index (χ2v) is 6.06. The van der Waals surface area contributed by atoms with Gasteiger partial charge in [-0.15, -0.1) is 0 Å². The Balaban J connectivity index is 1.84. The molecule has 2 aromatic rings. The van der Waals surface area contributed by atoms with Crippen LogP contribution in [0.2, 0.25) is 0 Å². The molecule has 1 aromatic carbocycles. The Morgan fingerprint density at radius 3 is 2.76 bits per heavy atom. The van der Waals surface area contributed by atoms with Gasteiger partial charge in [-0.05, 0) is 30.5 Å². The Bertz CT molecular complexity index is 701. The van der Waals surface area contributed by atoms with Gasteiger partial charge in [0.25, 0.3) is 5.91 Å². The van der Waals surface area contributed by atoms with Crippen LogP contribution >= 0.6 is 0 Å². The summed E-state index contributed by atoms with van der Waals surface area (Å²) in [6.45, 7) is 3.39. The third-order valence-electron chi connectivity index (χ3n) is 3.81. The van der Waals surface area contributed by atoms with E-state index in [1.165, 1.54) is 12.4 Å². The van der Waals surface area contributed by atoms with E-state index in [0.717, 1.165) is 10.1 Å². The predicted octanol–water partition coefficient (Wildman–Crippen LogP) is 3.53.